The monoisotopic (exact) mass is 365 g/mol. The molecule has 0 fully saturated rings. The molecule has 0 aromatic carbocycles. The van der Waals surface area contributed by atoms with Gasteiger partial charge in [0.15, 0.2) is 5.69 Å². The Hall–Kier alpha value is -1.36. The molecule has 1 unspecified atom stereocenters. The van der Waals surface area contributed by atoms with Gasteiger partial charge in [-0.2, -0.15) is 0 Å². The summed E-state index contributed by atoms with van der Waals surface area (Å²) >= 11 is 0. The number of nitrogens with two attached hydrogens (primary N) is 1. The van der Waals surface area contributed by atoms with Gasteiger partial charge in [0.25, 0.3) is 5.91 Å². The van der Waals surface area contributed by atoms with Gasteiger partial charge in [0.05, 0.1) is 6.04 Å². The van der Waals surface area contributed by atoms with Crippen LogP contribution in [0.25, 0.3) is 0 Å². The van der Waals surface area contributed by atoms with E-state index in [1.165, 1.54) is 64.1 Å². The van der Waals surface area contributed by atoms with Gasteiger partial charge >= 0.3 is 0 Å². The SMILES string of the molecule is CCCCCCCCCCCCNC(=O)c1coc(C(N)CCCC)n1. The Labute approximate surface area is 159 Å². The summed E-state index contributed by atoms with van der Waals surface area (Å²) in [5.41, 5.74) is 6.35. The van der Waals surface area contributed by atoms with Crippen LogP contribution in [0.15, 0.2) is 10.7 Å². The zero-order valence-corrected chi connectivity index (χ0v) is 16.9. The maximum absolute atomic E-state index is 12.1. The molecule has 0 aliphatic rings. The van der Waals surface area contributed by atoms with Gasteiger partial charge in [0.2, 0.25) is 5.89 Å². The standard InChI is InChI=1S/C21H39N3O2/c1-3-5-7-8-9-10-11-12-13-14-16-23-20(25)19-17-26-21(24-19)18(22)15-6-4-2/h17-18H,3-16,22H2,1-2H3,(H,23,25). The van der Waals surface area contributed by atoms with E-state index >= 15 is 0 Å². The number of carbonyl (C=O) groups excluding carboxylic acids is 1. The number of aromatic nitrogens is 1. The van der Waals surface area contributed by atoms with E-state index in [1.54, 1.807) is 0 Å². The van der Waals surface area contributed by atoms with E-state index in [2.05, 4.69) is 24.1 Å². The van der Waals surface area contributed by atoms with Crippen LogP contribution in [0.3, 0.4) is 0 Å². The summed E-state index contributed by atoms with van der Waals surface area (Å²) in [6.45, 7) is 5.07. The molecule has 1 amide bonds. The summed E-state index contributed by atoms with van der Waals surface area (Å²) in [6, 6.07) is -0.224. The third-order valence-electron chi connectivity index (χ3n) is 4.76. The normalized spacial score (nSPS) is 12.3. The molecule has 0 saturated heterocycles. The van der Waals surface area contributed by atoms with Gasteiger partial charge in [0, 0.05) is 6.54 Å². The zero-order chi connectivity index (χ0) is 19.0. The molecular formula is C21H39N3O2. The van der Waals surface area contributed by atoms with Gasteiger partial charge in [-0.3, -0.25) is 4.79 Å². The van der Waals surface area contributed by atoms with Crippen molar-refractivity contribution in [3.05, 3.63) is 17.8 Å². The van der Waals surface area contributed by atoms with Crippen molar-refractivity contribution in [2.24, 2.45) is 5.73 Å². The lowest BCUT2D eigenvalue weighted by Crippen LogP contribution is -2.25. The molecule has 5 nitrogen and oxygen atoms in total. The van der Waals surface area contributed by atoms with Crippen molar-refractivity contribution in [2.75, 3.05) is 6.54 Å². The predicted octanol–water partition coefficient (Wildman–Crippen LogP) is 5.52. The highest BCUT2D eigenvalue weighted by atomic mass is 16.3. The minimum atomic E-state index is -0.224. The molecule has 1 rings (SSSR count). The maximum atomic E-state index is 12.1. The summed E-state index contributed by atoms with van der Waals surface area (Å²) in [5, 5.41) is 2.92. The zero-order valence-electron chi connectivity index (χ0n) is 16.9. The Morgan fingerprint density at radius 2 is 1.58 bits per heavy atom. The van der Waals surface area contributed by atoms with Gasteiger partial charge in [-0.1, -0.05) is 84.5 Å². The molecule has 3 N–H and O–H groups in total. The summed E-state index contributed by atoms with van der Waals surface area (Å²) in [7, 11) is 0. The second kappa shape index (κ2) is 14.8. The second-order valence-electron chi connectivity index (χ2n) is 7.26. The molecular weight excluding hydrogens is 326 g/mol. The Kier molecular flexibility index (Phi) is 12.9. The Balaban J connectivity index is 2.05. The number of amides is 1. The van der Waals surface area contributed by atoms with Crippen LogP contribution in [0.2, 0.25) is 0 Å². The van der Waals surface area contributed by atoms with Crippen molar-refractivity contribution in [1.82, 2.24) is 10.3 Å². The lowest BCUT2D eigenvalue weighted by Gasteiger charge is -2.05. The summed E-state index contributed by atoms with van der Waals surface area (Å²) in [6.07, 6.45) is 17.3. The molecule has 1 aromatic rings. The number of nitrogens with zero attached hydrogens (tertiary/aromatic N) is 1. The fourth-order valence-corrected chi connectivity index (χ4v) is 3.01. The molecule has 0 radical (unpaired) electrons. The van der Waals surface area contributed by atoms with E-state index in [0.717, 1.165) is 25.7 Å². The number of oxazole rings is 1. The highest BCUT2D eigenvalue weighted by Crippen LogP contribution is 2.16. The van der Waals surface area contributed by atoms with Crippen molar-refractivity contribution >= 4 is 5.91 Å². The molecule has 0 aliphatic carbocycles. The van der Waals surface area contributed by atoms with Crippen molar-refractivity contribution in [1.29, 1.82) is 0 Å². The second-order valence-corrected chi connectivity index (χ2v) is 7.26. The molecule has 1 atom stereocenters. The van der Waals surface area contributed by atoms with Crippen LogP contribution < -0.4 is 11.1 Å². The first-order chi connectivity index (χ1) is 12.7. The first-order valence-corrected chi connectivity index (χ1v) is 10.7. The lowest BCUT2D eigenvalue weighted by atomic mass is 10.1. The van der Waals surface area contributed by atoms with E-state index in [1.807, 2.05) is 0 Å². The number of nitrogens with one attached hydrogen (secondary N) is 1. The maximum Gasteiger partial charge on any atom is 0.273 e. The minimum Gasteiger partial charge on any atom is -0.446 e. The Morgan fingerprint density at radius 3 is 2.19 bits per heavy atom. The molecule has 0 bridgehead atoms. The molecule has 26 heavy (non-hydrogen) atoms. The highest BCUT2D eigenvalue weighted by molar-refractivity contribution is 5.91. The van der Waals surface area contributed by atoms with Gasteiger partial charge in [-0.05, 0) is 12.8 Å². The quantitative estimate of drug-likeness (QED) is 0.378. The Morgan fingerprint density at radius 1 is 1.00 bits per heavy atom. The molecule has 1 aromatic heterocycles. The topological polar surface area (TPSA) is 81.2 Å². The van der Waals surface area contributed by atoms with E-state index in [-0.39, 0.29) is 11.9 Å². The Bertz CT molecular complexity index is 474. The fraction of sp³-hybridized carbons (Fsp3) is 0.810. The van der Waals surface area contributed by atoms with E-state index in [0.29, 0.717) is 18.1 Å². The molecule has 0 aliphatic heterocycles. The number of rotatable bonds is 16. The summed E-state index contributed by atoms with van der Waals surface area (Å²) in [4.78, 5) is 16.3. The molecule has 5 heteroatoms. The fourth-order valence-electron chi connectivity index (χ4n) is 3.01. The first-order valence-electron chi connectivity index (χ1n) is 10.7. The van der Waals surface area contributed by atoms with Gasteiger partial charge in [0.1, 0.15) is 6.26 Å². The first kappa shape index (κ1) is 22.7. The predicted molar refractivity (Wildman–Crippen MR) is 107 cm³/mol. The molecule has 150 valence electrons. The van der Waals surface area contributed by atoms with Gasteiger partial charge < -0.3 is 15.5 Å². The largest absolute Gasteiger partial charge is 0.446 e. The third kappa shape index (κ3) is 9.95. The number of unbranched alkanes of at least 4 members (excludes halogenated alkanes) is 10. The van der Waals surface area contributed by atoms with Crippen LogP contribution in [0.4, 0.5) is 0 Å². The van der Waals surface area contributed by atoms with Crippen LogP contribution >= 0.6 is 0 Å². The van der Waals surface area contributed by atoms with Crippen LogP contribution in [-0.2, 0) is 0 Å². The van der Waals surface area contributed by atoms with Crippen LogP contribution in [0, 0.1) is 0 Å². The smallest absolute Gasteiger partial charge is 0.273 e. The molecule has 0 saturated carbocycles. The average molecular weight is 366 g/mol. The lowest BCUT2D eigenvalue weighted by molar-refractivity contribution is 0.0948. The number of carbonyl (C=O) groups is 1. The molecule has 1 heterocycles. The van der Waals surface area contributed by atoms with Crippen molar-refractivity contribution in [3.8, 4) is 0 Å². The van der Waals surface area contributed by atoms with Crippen LogP contribution in [-0.4, -0.2) is 17.4 Å². The third-order valence-corrected chi connectivity index (χ3v) is 4.76. The van der Waals surface area contributed by atoms with Crippen LogP contribution in [0.5, 0.6) is 0 Å². The number of hydrogen-bond acceptors (Lipinski definition) is 4. The van der Waals surface area contributed by atoms with Crippen molar-refractivity contribution < 1.29 is 9.21 Å². The van der Waals surface area contributed by atoms with E-state index in [4.69, 9.17) is 10.2 Å². The van der Waals surface area contributed by atoms with E-state index < -0.39 is 0 Å². The van der Waals surface area contributed by atoms with Crippen LogP contribution in [0.1, 0.15) is 120 Å². The number of hydrogen-bond donors (Lipinski definition) is 2. The highest BCUT2D eigenvalue weighted by Gasteiger charge is 2.16. The van der Waals surface area contributed by atoms with Crippen molar-refractivity contribution in [3.63, 3.8) is 0 Å². The summed E-state index contributed by atoms with van der Waals surface area (Å²) < 4.78 is 5.35. The minimum absolute atomic E-state index is 0.168. The van der Waals surface area contributed by atoms with Crippen molar-refractivity contribution in [2.45, 2.75) is 103 Å². The van der Waals surface area contributed by atoms with Gasteiger partial charge in [-0.15, -0.1) is 0 Å². The average Bonchev–Trinajstić information content (AvgIpc) is 3.14. The summed E-state index contributed by atoms with van der Waals surface area (Å²) in [5.74, 6) is 0.293. The van der Waals surface area contributed by atoms with E-state index in [9.17, 15) is 4.79 Å². The van der Waals surface area contributed by atoms with Gasteiger partial charge in [-0.25, -0.2) is 4.98 Å². The molecule has 0 spiro atoms.